The number of thiazole rings is 1. The number of piperidine rings is 1. The number of benzene rings is 1. The topological polar surface area (TPSA) is 190 Å². The Bertz CT molecular complexity index is 1430. The summed E-state index contributed by atoms with van der Waals surface area (Å²) in [7, 11) is -3.99. The number of hydrogen-bond acceptors (Lipinski definition) is 10. The van der Waals surface area contributed by atoms with E-state index in [0.29, 0.717) is 25.1 Å². The van der Waals surface area contributed by atoms with Crippen LogP contribution in [0.25, 0.3) is 0 Å². The number of nitrogens with two attached hydrogens (primary N) is 1. The number of hydrazine groups is 1. The third kappa shape index (κ3) is 9.39. The van der Waals surface area contributed by atoms with Gasteiger partial charge < -0.3 is 20.1 Å². The highest BCUT2D eigenvalue weighted by molar-refractivity contribution is 7.88. The zero-order valence-corrected chi connectivity index (χ0v) is 26.7. The molecule has 2 fully saturated rings. The Balaban J connectivity index is 1.48. The van der Waals surface area contributed by atoms with Crippen molar-refractivity contribution in [2.45, 2.75) is 56.4 Å². The molecule has 1 aromatic carbocycles. The second-order valence-corrected chi connectivity index (χ2v) is 13.9. The number of carbonyl (C=O) groups excluding carboxylic acids is 4. The van der Waals surface area contributed by atoms with Gasteiger partial charge in [0.05, 0.1) is 31.1 Å². The first kappa shape index (κ1) is 34.1. The first-order valence-corrected chi connectivity index (χ1v) is 17.4. The summed E-state index contributed by atoms with van der Waals surface area (Å²) in [5.74, 6) is 3.40. The molecule has 16 heteroatoms. The molecule has 0 aliphatic carbocycles. The molecule has 2 atom stereocenters. The third-order valence-electron chi connectivity index (χ3n) is 7.86. The number of ketones is 1. The Labute approximate surface area is 267 Å². The number of piperazine rings is 1. The van der Waals surface area contributed by atoms with Gasteiger partial charge in [0.25, 0.3) is 0 Å². The average molecular weight is 661 g/mol. The number of nitrogens with zero attached hydrogens (tertiary/aromatic N) is 5. The van der Waals surface area contributed by atoms with Gasteiger partial charge >= 0.3 is 0 Å². The van der Waals surface area contributed by atoms with Crippen LogP contribution in [0.2, 0.25) is 0 Å². The molecular weight excluding hydrogens is 621 g/mol. The number of amides is 3. The van der Waals surface area contributed by atoms with Crippen LogP contribution in [0.4, 0.5) is 0 Å². The summed E-state index contributed by atoms with van der Waals surface area (Å²) in [4.78, 5) is 60.4. The minimum Gasteiger partial charge on any atom is -0.344 e. The molecule has 3 heterocycles. The summed E-state index contributed by atoms with van der Waals surface area (Å²) in [5.41, 5.74) is 0.558. The van der Waals surface area contributed by atoms with Crippen molar-refractivity contribution in [1.82, 2.24) is 29.4 Å². The largest absolute Gasteiger partial charge is 0.344 e. The lowest BCUT2D eigenvalue weighted by atomic mass is 10.1. The maximum atomic E-state index is 13.8. The molecule has 2 aromatic rings. The number of hydrogen-bond donors (Lipinski definition) is 3. The van der Waals surface area contributed by atoms with Crippen molar-refractivity contribution in [2.75, 3.05) is 39.3 Å². The summed E-state index contributed by atoms with van der Waals surface area (Å²) in [6.07, 6.45) is 5.43. The zero-order chi connectivity index (χ0) is 32.4. The van der Waals surface area contributed by atoms with Crippen molar-refractivity contribution < 1.29 is 27.6 Å². The van der Waals surface area contributed by atoms with Gasteiger partial charge in [0.1, 0.15) is 6.04 Å². The highest BCUT2D eigenvalue weighted by Gasteiger charge is 2.43. The average Bonchev–Trinajstić information content (AvgIpc) is 3.58. The Morgan fingerprint density at radius 1 is 1.13 bits per heavy atom. The molecule has 2 aliphatic rings. The van der Waals surface area contributed by atoms with Crippen LogP contribution in [0.1, 0.15) is 53.9 Å². The highest BCUT2D eigenvalue weighted by Crippen LogP contribution is 2.23. The Morgan fingerprint density at radius 3 is 2.53 bits per heavy atom. The van der Waals surface area contributed by atoms with Gasteiger partial charge in [-0.1, -0.05) is 30.3 Å². The van der Waals surface area contributed by atoms with Gasteiger partial charge in [0.15, 0.2) is 5.01 Å². The summed E-state index contributed by atoms with van der Waals surface area (Å²) in [6, 6.07) is 6.39. The number of likely N-dealkylation sites (tertiary alicyclic amines) is 1. The minimum absolute atomic E-state index is 0.0543. The van der Waals surface area contributed by atoms with E-state index in [-0.39, 0.29) is 54.9 Å². The maximum absolute atomic E-state index is 13.8. The normalized spacial score (nSPS) is 18.3. The molecule has 0 saturated carbocycles. The number of sulfonamides is 1. The van der Waals surface area contributed by atoms with E-state index < -0.39 is 40.5 Å². The van der Waals surface area contributed by atoms with E-state index in [9.17, 15) is 27.6 Å². The van der Waals surface area contributed by atoms with Crippen LogP contribution >= 0.6 is 11.3 Å². The molecule has 244 valence electrons. The first-order valence-electron chi connectivity index (χ1n) is 14.9. The number of rotatable bonds is 15. The summed E-state index contributed by atoms with van der Waals surface area (Å²) in [5, 5.41) is 13.0. The lowest BCUT2D eigenvalue weighted by molar-refractivity contribution is -0.146. The minimum atomic E-state index is -3.99. The van der Waals surface area contributed by atoms with Crippen LogP contribution < -0.4 is 11.2 Å². The molecule has 14 nitrogen and oxygen atoms in total. The van der Waals surface area contributed by atoms with E-state index in [4.69, 9.17) is 11.3 Å². The molecule has 2 aliphatic heterocycles. The molecule has 4 N–H and O–H groups in total. The molecule has 0 unspecified atom stereocenters. The fourth-order valence-electron chi connectivity index (χ4n) is 5.52. The summed E-state index contributed by atoms with van der Waals surface area (Å²) in [6.45, 7) is 0.846. The van der Waals surface area contributed by atoms with E-state index in [1.807, 2.05) is 0 Å². The number of carbonyl (C=O) groups is 4. The van der Waals surface area contributed by atoms with Crippen LogP contribution in [-0.4, -0.2) is 114 Å². The van der Waals surface area contributed by atoms with Gasteiger partial charge in [-0.2, -0.15) is 4.31 Å². The van der Waals surface area contributed by atoms with E-state index in [1.54, 1.807) is 40.6 Å². The van der Waals surface area contributed by atoms with Crippen LogP contribution in [0.3, 0.4) is 0 Å². The van der Waals surface area contributed by atoms with Crippen molar-refractivity contribution in [3.05, 3.63) is 52.5 Å². The molecule has 45 heavy (non-hydrogen) atoms. The Kier molecular flexibility index (Phi) is 12.2. The fourth-order valence-corrected chi connectivity index (χ4v) is 7.85. The zero-order valence-electron chi connectivity index (χ0n) is 25.0. The number of Topliss-reactive ketones (excluding diaryl/α,β-unsaturated/α-hetero) is 1. The monoisotopic (exact) mass is 660 g/mol. The summed E-state index contributed by atoms with van der Waals surface area (Å²) < 4.78 is 28.3. The highest BCUT2D eigenvalue weighted by atomic mass is 32.2. The predicted molar refractivity (Wildman–Crippen MR) is 168 cm³/mol. The van der Waals surface area contributed by atoms with E-state index >= 15 is 0 Å². The van der Waals surface area contributed by atoms with Crippen molar-refractivity contribution in [3.63, 3.8) is 0 Å². The summed E-state index contributed by atoms with van der Waals surface area (Å²) >= 11 is 1.14. The Morgan fingerprint density at radius 2 is 1.87 bits per heavy atom. The van der Waals surface area contributed by atoms with Gasteiger partial charge in [-0.3, -0.25) is 24.6 Å². The van der Waals surface area contributed by atoms with Crippen LogP contribution in [0.15, 0.2) is 41.9 Å². The van der Waals surface area contributed by atoms with Gasteiger partial charge in [0.2, 0.25) is 33.5 Å². The lowest BCUT2D eigenvalue weighted by Gasteiger charge is -2.40. The smallest absolute Gasteiger partial charge is 0.242 e. The molecule has 0 bridgehead atoms. The molecule has 4 rings (SSSR count). The van der Waals surface area contributed by atoms with Gasteiger partial charge in [-0.05, 0) is 37.7 Å². The van der Waals surface area contributed by atoms with Crippen molar-refractivity contribution >= 4 is 51.2 Å². The second kappa shape index (κ2) is 16.0. The SMILES string of the molecule is N=CN(N)CCC[C@H](NC(=O)CN1CCN(S(=O)(=O)Cc2ccccc2)[C@@H](CC(=O)N2CCCCC2)C1=O)C(=O)c1nccs1. The van der Waals surface area contributed by atoms with Crippen molar-refractivity contribution in [2.24, 2.45) is 5.84 Å². The number of aromatic nitrogens is 1. The second-order valence-electron chi connectivity index (χ2n) is 11.1. The Hall–Kier alpha value is -3.73. The molecule has 1 aromatic heterocycles. The quantitative estimate of drug-likeness (QED) is 0.0816. The van der Waals surface area contributed by atoms with Gasteiger partial charge in [-0.25, -0.2) is 19.2 Å². The predicted octanol–water partition coefficient (Wildman–Crippen LogP) is 0.819. The van der Waals surface area contributed by atoms with Crippen LogP contribution in [-0.2, 0) is 30.2 Å². The molecule has 0 spiro atoms. The van der Waals surface area contributed by atoms with Gasteiger partial charge in [-0.15, -0.1) is 11.3 Å². The van der Waals surface area contributed by atoms with E-state index in [2.05, 4.69) is 10.3 Å². The van der Waals surface area contributed by atoms with Crippen molar-refractivity contribution in [1.29, 1.82) is 5.41 Å². The maximum Gasteiger partial charge on any atom is 0.242 e. The van der Waals surface area contributed by atoms with E-state index in [1.165, 1.54) is 11.1 Å². The fraction of sp³-hybridized carbons (Fsp3) is 0.517. The molecular formula is C29H40N8O6S2. The number of nitrogens with one attached hydrogen (secondary N) is 2. The molecule has 0 radical (unpaired) electrons. The van der Waals surface area contributed by atoms with Crippen LogP contribution in [0, 0.1) is 5.41 Å². The molecule has 3 amide bonds. The van der Waals surface area contributed by atoms with Crippen molar-refractivity contribution in [3.8, 4) is 0 Å². The molecule has 2 saturated heterocycles. The standard InChI is InChI=1S/C29H40N8O6S2/c30-21-36(31)14-7-10-23(27(40)28-32-11-17-44-28)33-25(38)19-35-15-16-37(45(42,43)20-22-8-3-1-4-9-22)24(29(35)41)18-26(39)34-12-5-2-6-13-34/h1,3-4,8-9,11,17,21,23-24,30H,2,5-7,10,12-16,18-20,31H2,(H,33,38)/t23-,24-/m0/s1. The first-order chi connectivity index (χ1) is 21.6. The third-order valence-corrected chi connectivity index (χ3v) is 10.5. The van der Waals surface area contributed by atoms with Gasteiger partial charge in [0, 0.05) is 44.3 Å². The van der Waals surface area contributed by atoms with Crippen LogP contribution in [0.5, 0.6) is 0 Å². The lowest BCUT2D eigenvalue weighted by Crippen LogP contribution is -2.61. The van der Waals surface area contributed by atoms with E-state index in [0.717, 1.165) is 46.3 Å².